The fourth-order valence-electron chi connectivity index (χ4n) is 2.40. The van der Waals surface area contributed by atoms with Crippen molar-refractivity contribution in [2.75, 3.05) is 0 Å². The van der Waals surface area contributed by atoms with Crippen LogP contribution >= 0.6 is 15.9 Å². The van der Waals surface area contributed by atoms with Gasteiger partial charge in [0.2, 0.25) is 0 Å². The summed E-state index contributed by atoms with van der Waals surface area (Å²) in [5, 5.41) is 8.38. The first-order chi connectivity index (χ1) is 10.2. The molecule has 0 bridgehead atoms. The van der Waals surface area contributed by atoms with Crippen LogP contribution in [0, 0.1) is 0 Å². The molecule has 0 unspecified atom stereocenters. The van der Waals surface area contributed by atoms with Crippen LogP contribution in [-0.2, 0) is 0 Å². The third kappa shape index (κ3) is 2.76. The van der Waals surface area contributed by atoms with Gasteiger partial charge in [-0.3, -0.25) is 0 Å². The van der Waals surface area contributed by atoms with E-state index in [0.717, 1.165) is 21.4 Å². The van der Waals surface area contributed by atoms with Crippen LogP contribution in [0.15, 0.2) is 59.2 Å². The Balaban J connectivity index is 2.14. The summed E-state index contributed by atoms with van der Waals surface area (Å²) in [6, 6.07) is 16.5. The third-order valence-corrected chi connectivity index (χ3v) is 4.00. The Morgan fingerprint density at radius 3 is 2.43 bits per heavy atom. The first kappa shape index (κ1) is 14.0. The molecular weight excluding hydrogens is 326 g/mol. The average molecular weight is 342 g/mol. The van der Waals surface area contributed by atoms with Gasteiger partial charge in [0.25, 0.3) is 0 Å². The second kappa shape index (κ2) is 5.82. The number of rotatable bonds is 3. The van der Waals surface area contributed by atoms with E-state index in [2.05, 4.69) is 70.4 Å². The standard InChI is InChI=1S/C17H16BrN3/c1-12(2)15-5-3-4-6-16(15)21-17(11-19-20-21)13-7-9-14(18)10-8-13/h3-12H,1-2H3. The van der Waals surface area contributed by atoms with E-state index in [-0.39, 0.29) is 0 Å². The fraction of sp³-hybridized carbons (Fsp3) is 0.176. The maximum absolute atomic E-state index is 4.28. The van der Waals surface area contributed by atoms with E-state index in [1.807, 2.05) is 22.9 Å². The summed E-state index contributed by atoms with van der Waals surface area (Å²) >= 11 is 3.46. The van der Waals surface area contributed by atoms with Gasteiger partial charge in [-0.1, -0.05) is 65.3 Å². The molecule has 3 aromatic rings. The summed E-state index contributed by atoms with van der Waals surface area (Å²) in [5.41, 5.74) is 4.45. The molecule has 4 heteroatoms. The SMILES string of the molecule is CC(C)c1ccccc1-n1nncc1-c1ccc(Br)cc1. The Kier molecular flexibility index (Phi) is 3.88. The van der Waals surface area contributed by atoms with Crippen molar-refractivity contribution in [3.8, 4) is 16.9 Å². The Hall–Kier alpha value is -1.94. The van der Waals surface area contributed by atoms with Gasteiger partial charge in [-0.15, -0.1) is 5.10 Å². The molecule has 0 saturated heterocycles. The number of aromatic nitrogens is 3. The summed E-state index contributed by atoms with van der Waals surface area (Å²) in [6.07, 6.45) is 1.81. The zero-order valence-electron chi connectivity index (χ0n) is 12.0. The van der Waals surface area contributed by atoms with E-state index in [1.165, 1.54) is 5.56 Å². The molecule has 0 aliphatic carbocycles. The van der Waals surface area contributed by atoms with E-state index < -0.39 is 0 Å². The molecule has 0 amide bonds. The minimum absolute atomic E-state index is 0.433. The van der Waals surface area contributed by atoms with Crippen LogP contribution in [0.3, 0.4) is 0 Å². The molecule has 0 radical (unpaired) electrons. The van der Waals surface area contributed by atoms with Crippen LogP contribution in [0.4, 0.5) is 0 Å². The molecule has 1 heterocycles. The summed E-state index contributed by atoms with van der Waals surface area (Å²) in [7, 11) is 0. The number of nitrogens with zero attached hydrogens (tertiary/aromatic N) is 3. The normalized spacial score (nSPS) is 11.0. The lowest BCUT2D eigenvalue weighted by Crippen LogP contribution is -2.04. The van der Waals surface area contributed by atoms with Gasteiger partial charge in [-0.25, -0.2) is 4.68 Å². The van der Waals surface area contributed by atoms with E-state index in [4.69, 9.17) is 0 Å². The lowest BCUT2D eigenvalue weighted by molar-refractivity contribution is 0.774. The summed E-state index contributed by atoms with van der Waals surface area (Å²) in [6.45, 7) is 4.38. The molecule has 21 heavy (non-hydrogen) atoms. The van der Waals surface area contributed by atoms with Crippen LogP contribution in [0.5, 0.6) is 0 Å². The smallest absolute Gasteiger partial charge is 0.0944 e. The number of hydrogen-bond donors (Lipinski definition) is 0. The van der Waals surface area contributed by atoms with Crippen LogP contribution in [-0.4, -0.2) is 15.0 Å². The van der Waals surface area contributed by atoms with E-state index in [1.54, 1.807) is 6.20 Å². The molecule has 0 fully saturated rings. The number of para-hydroxylation sites is 1. The average Bonchev–Trinajstić information content (AvgIpc) is 2.97. The van der Waals surface area contributed by atoms with Crippen molar-refractivity contribution in [2.24, 2.45) is 0 Å². The molecule has 106 valence electrons. The van der Waals surface area contributed by atoms with E-state index >= 15 is 0 Å². The Labute approximate surface area is 132 Å². The van der Waals surface area contributed by atoms with Crippen LogP contribution < -0.4 is 0 Å². The molecule has 0 aliphatic rings. The van der Waals surface area contributed by atoms with Crippen molar-refractivity contribution in [3.05, 3.63) is 64.8 Å². The third-order valence-electron chi connectivity index (χ3n) is 3.48. The van der Waals surface area contributed by atoms with Crippen molar-refractivity contribution in [1.82, 2.24) is 15.0 Å². The highest BCUT2D eigenvalue weighted by Crippen LogP contribution is 2.27. The lowest BCUT2D eigenvalue weighted by Gasteiger charge is -2.14. The number of hydrogen-bond acceptors (Lipinski definition) is 2. The molecule has 0 atom stereocenters. The van der Waals surface area contributed by atoms with Crippen molar-refractivity contribution in [1.29, 1.82) is 0 Å². The van der Waals surface area contributed by atoms with Gasteiger partial charge in [-0.05, 0) is 29.7 Å². The van der Waals surface area contributed by atoms with Gasteiger partial charge in [0.05, 0.1) is 17.6 Å². The molecule has 0 aliphatic heterocycles. The van der Waals surface area contributed by atoms with Crippen molar-refractivity contribution < 1.29 is 0 Å². The lowest BCUT2D eigenvalue weighted by atomic mass is 10.0. The minimum atomic E-state index is 0.433. The van der Waals surface area contributed by atoms with Crippen molar-refractivity contribution in [3.63, 3.8) is 0 Å². The van der Waals surface area contributed by atoms with E-state index in [0.29, 0.717) is 5.92 Å². The second-order valence-corrected chi connectivity index (χ2v) is 6.17. The number of benzene rings is 2. The van der Waals surface area contributed by atoms with Gasteiger partial charge < -0.3 is 0 Å². The highest BCUT2D eigenvalue weighted by atomic mass is 79.9. The first-order valence-corrected chi connectivity index (χ1v) is 7.72. The quantitative estimate of drug-likeness (QED) is 0.683. The second-order valence-electron chi connectivity index (χ2n) is 5.25. The summed E-state index contributed by atoms with van der Waals surface area (Å²) in [4.78, 5) is 0. The van der Waals surface area contributed by atoms with Crippen molar-refractivity contribution in [2.45, 2.75) is 19.8 Å². The monoisotopic (exact) mass is 341 g/mol. The maximum atomic E-state index is 4.28. The van der Waals surface area contributed by atoms with E-state index in [9.17, 15) is 0 Å². The van der Waals surface area contributed by atoms with Gasteiger partial charge >= 0.3 is 0 Å². The Morgan fingerprint density at radius 1 is 1.00 bits per heavy atom. The van der Waals surface area contributed by atoms with Gasteiger partial charge in [0, 0.05) is 10.0 Å². The number of halogens is 1. The Bertz CT molecular complexity index is 745. The molecule has 0 spiro atoms. The van der Waals surface area contributed by atoms with Gasteiger partial charge in [0.1, 0.15) is 0 Å². The minimum Gasteiger partial charge on any atom is -0.213 e. The zero-order chi connectivity index (χ0) is 14.8. The van der Waals surface area contributed by atoms with Gasteiger partial charge in [-0.2, -0.15) is 0 Å². The fourth-order valence-corrected chi connectivity index (χ4v) is 2.66. The predicted octanol–water partition coefficient (Wildman–Crippen LogP) is 4.82. The molecular formula is C17H16BrN3. The van der Waals surface area contributed by atoms with Crippen LogP contribution in [0.25, 0.3) is 16.9 Å². The molecule has 1 aromatic heterocycles. The molecule has 0 saturated carbocycles. The Morgan fingerprint density at radius 2 is 1.71 bits per heavy atom. The highest BCUT2D eigenvalue weighted by Gasteiger charge is 2.13. The predicted molar refractivity (Wildman–Crippen MR) is 88.6 cm³/mol. The highest BCUT2D eigenvalue weighted by molar-refractivity contribution is 9.10. The topological polar surface area (TPSA) is 30.7 Å². The summed E-state index contributed by atoms with van der Waals surface area (Å²) < 4.78 is 2.98. The van der Waals surface area contributed by atoms with Gasteiger partial charge in [0.15, 0.2) is 0 Å². The maximum Gasteiger partial charge on any atom is 0.0944 e. The molecule has 2 aromatic carbocycles. The summed E-state index contributed by atoms with van der Waals surface area (Å²) in [5.74, 6) is 0.433. The molecule has 3 rings (SSSR count). The van der Waals surface area contributed by atoms with Crippen LogP contribution in [0.2, 0.25) is 0 Å². The molecule has 3 nitrogen and oxygen atoms in total. The molecule has 0 N–H and O–H groups in total. The largest absolute Gasteiger partial charge is 0.213 e. The van der Waals surface area contributed by atoms with Crippen molar-refractivity contribution >= 4 is 15.9 Å². The first-order valence-electron chi connectivity index (χ1n) is 6.93. The zero-order valence-corrected chi connectivity index (χ0v) is 13.6. The van der Waals surface area contributed by atoms with Crippen LogP contribution in [0.1, 0.15) is 25.3 Å².